The molecule has 0 fully saturated rings. The molecule has 0 amide bonds. The quantitative estimate of drug-likeness (QED) is 0.891. The van der Waals surface area contributed by atoms with Gasteiger partial charge in [0.05, 0.1) is 5.69 Å². The van der Waals surface area contributed by atoms with Gasteiger partial charge in [0.2, 0.25) is 17.8 Å². The molecule has 0 atom stereocenters. The van der Waals surface area contributed by atoms with E-state index in [9.17, 15) is 0 Å². The highest BCUT2D eigenvalue weighted by atomic mass is 15.3. The first-order chi connectivity index (χ1) is 9.02. The average Bonchev–Trinajstić information content (AvgIpc) is 2.70. The molecule has 1 N–H and O–H groups in total. The molecular weight excluding hydrogens is 242 g/mol. The van der Waals surface area contributed by atoms with Crippen molar-refractivity contribution in [2.24, 2.45) is 0 Å². The van der Waals surface area contributed by atoms with E-state index < -0.39 is 0 Å². The second-order valence-electron chi connectivity index (χ2n) is 4.47. The molecule has 7 nitrogen and oxygen atoms in total. The zero-order valence-electron chi connectivity index (χ0n) is 12.0. The molecular formula is C12H19N7. The van der Waals surface area contributed by atoms with Gasteiger partial charge in [-0.25, -0.2) is 4.98 Å². The Bertz CT molecular complexity index is 573. The fourth-order valence-electron chi connectivity index (χ4n) is 1.60. The Kier molecular flexibility index (Phi) is 3.64. The predicted octanol–water partition coefficient (Wildman–Crippen LogP) is 1.17. The minimum atomic E-state index is 0.571. The lowest BCUT2D eigenvalue weighted by atomic mass is 10.4. The van der Waals surface area contributed by atoms with E-state index in [-0.39, 0.29) is 0 Å². The molecule has 2 aromatic rings. The molecule has 0 spiro atoms. The lowest BCUT2D eigenvalue weighted by molar-refractivity contribution is 0.851. The Morgan fingerprint density at radius 3 is 2.47 bits per heavy atom. The third kappa shape index (κ3) is 2.64. The summed E-state index contributed by atoms with van der Waals surface area (Å²) in [6, 6.07) is 0. The smallest absolute Gasteiger partial charge is 0.241 e. The van der Waals surface area contributed by atoms with Gasteiger partial charge in [-0.2, -0.15) is 15.0 Å². The van der Waals surface area contributed by atoms with Crippen LogP contribution in [0.15, 0.2) is 6.33 Å². The summed E-state index contributed by atoms with van der Waals surface area (Å²) in [7, 11) is 3.81. The van der Waals surface area contributed by atoms with E-state index in [0.717, 1.165) is 17.9 Å². The van der Waals surface area contributed by atoms with Gasteiger partial charge in [-0.15, -0.1) is 0 Å². The maximum Gasteiger partial charge on any atom is 0.241 e. The third-order valence-electron chi connectivity index (χ3n) is 2.81. The molecule has 102 valence electrons. The van der Waals surface area contributed by atoms with Crippen LogP contribution in [0.25, 0.3) is 5.95 Å². The lowest BCUT2D eigenvalue weighted by Crippen LogP contribution is -2.17. The van der Waals surface area contributed by atoms with Gasteiger partial charge in [-0.1, -0.05) is 0 Å². The standard InChI is InChI=1S/C12H19N7/c1-6-13-10-15-11(18(4)5)17-12(16-10)19-7-14-8(2)9(19)3/h7H,6H2,1-5H3,(H,13,15,16,17). The van der Waals surface area contributed by atoms with Gasteiger partial charge in [0.1, 0.15) is 6.33 Å². The molecule has 0 saturated carbocycles. The van der Waals surface area contributed by atoms with Gasteiger partial charge >= 0.3 is 0 Å². The number of aromatic nitrogens is 5. The minimum absolute atomic E-state index is 0.571. The second kappa shape index (κ2) is 5.21. The van der Waals surface area contributed by atoms with Crippen LogP contribution in [-0.2, 0) is 0 Å². The minimum Gasteiger partial charge on any atom is -0.354 e. The van der Waals surface area contributed by atoms with Crippen molar-refractivity contribution in [3.05, 3.63) is 17.7 Å². The van der Waals surface area contributed by atoms with E-state index >= 15 is 0 Å². The van der Waals surface area contributed by atoms with Gasteiger partial charge in [-0.3, -0.25) is 4.57 Å². The van der Waals surface area contributed by atoms with Crippen LogP contribution in [0.5, 0.6) is 0 Å². The number of rotatable bonds is 4. The Hall–Kier alpha value is -2.18. The van der Waals surface area contributed by atoms with E-state index in [1.807, 2.05) is 44.3 Å². The molecule has 0 bridgehead atoms. The number of imidazole rings is 1. The van der Waals surface area contributed by atoms with Crippen molar-refractivity contribution in [1.29, 1.82) is 0 Å². The van der Waals surface area contributed by atoms with Crippen molar-refractivity contribution in [3.63, 3.8) is 0 Å². The summed E-state index contributed by atoms with van der Waals surface area (Å²) in [6.45, 7) is 6.73. The van der Waals surface area contributed by atoms with E-state index in [1.165, 1.54) is 0 Å². The number of anilines is 2. The first-order valence-electron chi connectivity index (χ1n) is 6.21. The number of nitrogens with one attached hydrogen (secondary N) is 1. The number of hydrogen-bond donors (Lipinski definition) is 1. The van der Waals surface area contributed by atoms with Crippen molar-refractivity contribution >= 4 is 11.9 Å². The fraction of sp³-hybridized carbons (Fsp3) is 0.500. The molecule has 0 saturated heterocycles. The van der Waals surface area contributed by atoms with Gasteiger partial charge in [0.15, 0.2) is 0 Å². The van der Waals surface area contributed by atoms with Gasteiger partial charge < -0.3 is 10.2 Å². The number of nitrogens with zero attached hydrogens (tertiary/aromatic N) is 6. The monoisotopic (exact) mass is 261 g/mol. The molecule has 0 aromatic carbocycles. The topological polar surface area (TPSA) is 71.8 Å². The number of hydrogen-bond acceptors (Lipinski definition) is 6. The van der Waals surface area contributed by atoms with Crippen molar-refractivity contribution in [2.45, 2.75) is 20.8 Å². The van der Waals surface area contributed by atoms with Crippen molar-refractivity contribution in [1.82, 2.24) is 24.5 Å². The molecule has 2 heterocycles. The summed E-state index contributed by atoms with van der Waals surface area (Å²) in [5.74, 6) is 1.77. The van der Waals surface area contributed by atoms with Crippen LogP contribution in [-0.4, -0.2) is 45.1 Å². The molecule has 0 radical (unpaired) electrons. The second-order valence-corrected chi connectivity index (χ2v) is 4.47. The van der Waals surface area contributed by atoms with Crippen LogP contribution in [0, 0.1) is 13.8 Å². The third-order valence-corrected chi connectivity index (χ3v) is 2.81. The highest BCUT2D eigenvalue weighted by Crippen LogP contribution is 2.14. The highest BCUT2D eigenvalue weighted by Gasteiger charge is 2.12. The first kappa shape index (κ1) is 13.3. The van der Waals surface area contributed by atoms with Crippen LogP contribution < -0.4 is 10.2 Å². The Balaban J connectivity index is 2.52. The van der Waals surface area contributed by atoms with E-state index in [2.05, 4.69) is 25.3 Å². The van der Waals surface area contributed by atoms with Crippen LogP contribution in [0.2, 0.25) is 0 Å². The summed E-state index contributed by atoms with van der Waals surface area (Å²) in [5, 5.41) is 3.12. The summed E-state index contributed by atoms with van der Waals surface area (Å²) in [6.07, 6.45) is 1.73. The van der Waals surface area contributed by atoms with Crippen LogP contribution in [0.1, 0.15) is 18.3 Å². The molecule has 2 rings (SSSR count). The van der Waals surface area contributed by atoms with Crippen LogP contribution in [0.3, 0.4) is 0 Å². The van der Waals surface area contributed by atoms with Gasteiger partial charge in [-0.05, 0) is 20.8 Å². The van der Waals surface area contributed by atoms with Crippen LogP contribution >= 0.6 is 0 Å². The Labute approximate surface area is 112 Å². The van der Waals surface area contributed by atoms with E-state index in [1.54, 1.807) is 6.33 Å². The van der Waals surface area contributed by atoms with Crippen molar-refractivity contribution < 1.29 is 0 Å². The largest absolute Gasteiger partial charge is 0.354 e. The molecule has 2 aromatic heterocycles. The normalized spacial score (nSPS) is 10.6. The summed E-state index contributed by atoms with van der Waals surface area (Å²) in [5.41, 5.74) is 2.00. The number of aryl methyl sites for hydroxylation is 1. The molecule has 19 heavy (non-hydrogen) atoms. The van der Waals surface area contributed by atoms with Crippen LogP contribution in [0.4, 0.5) is 11.9 Å². The molecule has 0 aliphatic heterocycles. The maximum atomic E-state index is 4.45. The van der Waals surface area contributed by atoms with E-state index in [0.29, 0.717) is 17.8 Å². The summed E-state index contributed by atoms with van der Waals surface area (Å²) >= 11 is 0. The summed E-state index contributed by atoms with van der Waals surface area (Å²) < 4.78 is 1.87. The predicted molar refractivity (Wildman–Crippen MR) is 74.9 cm³/mol. The average molecular weight is 261 g/mol. The van der Waals surface area contributed by atoms with Gasteiger partial charge in [0.25, 0.3) is 0 Å². The highest BCUT2D eigenvalue weighted by molar-refractivity contribution is 5.39. The first-order valence-corrected chi connectivity index (χ1v) is 6.21. The summed E-state index contributed by atoms with van der Waals surface area (Å²) in [4.78, 5) is 19.3. The zero-order valence-corrected chi connectivity index (χ0v) is 12.0. The Morgan fingerprint density at radius 2 is 1.95 bits per heavy atom. The molecule has 0 unspecified atom stereocenters. The van der Waals surface area contributed by atoms with Gasteiger partial charge in [0, 0.05) is 26.3 Å². The molecule has 0 aliphatic carbocycles. The van der Waals surface area contributed by atoms with E-state index in [4.69, 9.17) is 0 Å². The van der Waals surface area contributed by atoms with Crippen molar-refractivity contribution in [3.8, 4) is 5.95 Å². The van der Waals surface area contributed by atoms with Crippen molar-refractivity contribution in [2.75, 3.05) is 30.9 Å². The lowest BCUT2D eigenvalue weighted by Gasteiger charge is -2.13. The molecule has 0 aliphatic rings. The molecule has 7 heteroatoms. The Morgan fingerprint density at radius 1 is 1.21 bits per heavy atom. The fourth-order valence-corrected chi connectivity index (χ4v) is 1.60. The SMILES string of the molecule is CCNc1nc(N(C)C)nc(-n2cnc(C)c2C)n1. The zero-order chi connectivity index (χ0) is 14.0. The maximum absolute atomic E-state index is 4.45.